The van der Waals surface area contributed by atoms with Crippen LogP contribution in [0.3, 0.4) is 0 Å². The Hall–Kier alpha value is -1.59. The first-order valence-corrected chi connectivity index (χ1v) is 5.20. The lowest BCUT2D eigenvalue weighted by Gasteiger charge is -2.12. The van der Waals surface area contributed by atoms with Gasteiger partial charge in [0.15, 0.2) is 0 Å². The Bertz CT molecular complexity index is 447. The number of hydrogen-bond acceptors (Lipinski definition) is 3. The van der Waals surface area contributed by atoms with Crippen LogP contribution < -0.4 is 5.32 Å². The number of carboxylic acid groups (broad SMARTS) is 1. The first-order valence-electron chi connectivity index (χ1n) is 4.82. The zero-order valence-corrected chi connectivity index (χ0v) is 10.1. The predicted molar refractivity (Wildman–Crippen MR) is 63.5 cm³/mol. The van der Waals surface area contributed by atoms with Crippen LogP contribution >= 0.6 is 11.6 Å². The second-order valence-corrected chi connectivity index (χ2v) is 3.80. The molecule has 0 aliphatic rings. The number of nitrogens with one attached hydrogen (secondary N) is 1. The van der Waals surface area contributed by atoms with Gasteiger partial charge in [-0.2, -0.15) is 0 Å². The Kier molecular flexibility index (Phi) is 4.48. The molecule has 0 aromatic heterocycles. The van der Waals surface area contributed by atoms with Crippen LogP contribution in [0.4, 0.5) is 5.69 Å². The average Bonchev–Trinajstić information content (AvgIpc) is 2.29. The molecule has 1 atom stereocenters. The Morgan fingerprint density at radius 3 is 2.65 bits per heavy atom. The van der Waals surface area contributed by atoms with Crippen molar-refractivity contribution in [2.24, 2.45) is 0 Å². The van der Waals surface area contributed by atoms with E-state index in [4.69, 9.17) is 21.4 Å². The van der Waals surface area contributed by atoms with E-state index in [-0.39, 0.29) is 11.3 Å². The van der Waals surface area contributed by atoms with Crippen LogP contribution in [-0.4, -0.2) is 30.2 Å². The van der Waals surface area contributed by atoms with E-state index in [9.17, 15) is 9.59 Å². The molecule has 6 heteroatoms. The molecule has 0 saturated carbocycles. The van der Waals surface area contributed by atoms with Crippen LogP contribution in [0.5, 0.6) is 0 Å². The lowest BCUT2D eigenvalue weighted by molar-refractivity contribution is -0.124. The van der Waals surface area contributed by atoms with E-state index in [2.05, 4.69) is 5.32 Å². The van der Waals surface area contributed by atoms with E-state index in [1.807, 2.05) is 0 Å². The lowest BCUT2D eigenvalue weighted by Crippen LogP contribution is -2.27. The molecule has 0 fully saturated rings. The lowest BCUT2D eigenvalue weighted by atomic mass is 10.1. The molecule has 0 spiro atoms. The number of hydrogen-bond donors (Lipinski definition) is 2. The van der Waals surface area contributed by atoms with Crippen molar-refractivity contribution in [1.29, 1.82) is 0 Å². The summed E-state index contributed by atoms with van der Waals surface area (Å²) in [6.45, 7) is 1.56. The quantitative estimate of drug-likeness (QED) is 0.865. The Labute approximate surface area is 103 Å². The van der Waals surface area contributed by atoms with Gasteiger partial charge in [-0.3, -0.25) is 4.79 Å². The van der Waals surface area contributed by atoms with Gasteiger partial charge in [0.25, 0.3) is 5.91 Å². The van der Waals surface area contributed by atoms with Gasteiger partial charge in [0.2, 0.25) is 0 Å². The number of amides is 1. The maximum atomic E-state index is 11.5. The summed E-state index contributed by atoms with van der Waals surface area (Å²) >= 11 is 5.69. The van der Waals surface area contributed by atoms with Gasteiger partial charge in [-0.25, -0.2) is 4.79 Å². The summed E-state index contributed by atoms with van der Waals surface area (Å²) in [4.78, 5) is 22.5. The highest BCUT2D eigenvalue weighted by atomic mass is 35.5. The summed E-state index contributed by atoms with van der Waals surface area (Å²) in [5.74, 6) is -1.58. The molecule has 5 nitrogen and oxygen atoms in total. The summed E-state index contributed by atoms with van der Waals surface area (Å²) in [7, 11) is 1.39. The highest BCUT2D eigenvalue weighted by Gasteiger charge is 2.16. The third kappa shape index (κ3) is 3.44. The highest BCUT2D eigenvalue weighted by molar-refractivity contribution is 6.31. The number of carbonyl (C=O) groups is 2. The maximum Gasteiger partial charge on any atom is 0.337 e. The monoisotopic (exact) mass is 257 g/mol. The molecule has 1 aromatic carbocycles. The number of benzene rings is 1. The molecule has 1 rings (SSSR count). The third-order valence-electron chi connectivity index (χ3n) is 2.19. The number of rotatable bonds is 4. The van der Waals surface area contributed by atoms with Crippen molar-refractivity contribution in [2.75, 3.05) is 12.4 Å². The van der Waals surface area contributed by atoms with Gasteiger partial charge in [0, 0.05) is 12.1 Å². The van der Waals surface area contributed by atoms with E-state index in [1.165, 1.54) is 25.3 Å². The Morgan fingerprint density at radius 1 is 1.47 bits per heavy atom. The molecule has 1 aromatic rings. The SMILES string of the molecule is COC(C)C(=O)Nc1ccc(Cl)cc1C(=O)O. The molecule has 0 radical (unpaired) electrons. The summed E-state index contributed by atoms with van der Waals surface area (Å²) in [5, 5.41) is 11.7. The van der Waals surface area contributed by atoms with Crippen molar-refractivity contribution in [3.63, 3.8) is 0 Å². The number of aromatic carboxylic acids is 1. The van der Waals surface area contributed by atoms with Crippen LogP contribution in [-0.2, 0) is 9.53 Å². The normalized spacial score (nSPS) is 11.9. The highest BCUT2D eigenvalue weighted by Crippen LogP contribution is 2.21. The number of methoxy groups -OCH3 is 1. The number of carbonyl (C=O) groups excluding carboxylic acids is 1. The Morgan fingerprint density at radius 2 is 2.12 bits per heavy atom. The van der Waals surface area contributed by atoms with Gasteiger partial charge in [-0.15, -0.1) is 0 Å². The van der Waals surface area contributed by atoms with Crippen LogP contribution in [0.1, 0.15) is 17.3 Å². The molecule has 0 saturated heterocycles. The van der Waals surface area contributed by atoms with Crippen LogP contribution in [0.25, 0.3) is 0 Å². The molecule has 0 heterocycles. The average molecular weight is 258 g/mol. The topological polar surface area (TPSA) is 75.6 Å². The number of anilines is 1. The van der Waals surface area contributed by atoms with Crippen molar-refractivity contribution >= 4 is 29.2 Å². The van der Waals surface area contributed by atoms with Gasteiger partial charge < -0.3 is 15.2 Å². The zero-order valence-electron chi connectivity index (χ0n) is 9.36. The zero-order chi connectivity index (χ0) is 13.0. The molecule has 1 amide bonds. The minimum atomic E-state index is -1.16. The summed E-state index contributed by atoms with van der Waals surface area (Å²) in [6, 6.07) is 4.21. The fraction of sp³-hybridized carbons (Fsp3) is 0.273. The van der Waals surface area contributed by atoms with Crippen molar-refractivity contribution in [1.82, 2.24) is 0 Å². The smallest absolute Gasteiger partial charge is 0.337 e. The largest absolute Gasteiger partial charge is 0.478 e. The number of ether oxygens (including phenoxy) is 1. The summed E-state index contributed by atoms with van der Waals surface area (Å²) in [5.41, 5.74) is 0.130. The van der Waals surface area contributed by atoms with Crippen molar-refractivity contribution in [3.8, 4) is 0 Å². The van der Waals surface area contributed by atoms with Crippen molar-refractivity contribution < 1.29 is 19.4 Å². The van der Waals surface area contributed by atoms with Crippen LogP contribution in [0.15, 0.2) is 18.2 Å². The molecule has 92 valence electrons. The first kappa shape index (κ1) is 13.5. The molecular weight excluding hydrogens is 246 g/mol. The Balaban J connectivity index is 2.98. The van der Waals surface area contributed by atoms with Crippen LogP contribution in [0, 0.1) is 0 Å². The van der Waals surface area contributed by atoms with Gasteiger partial charge in [0.05, 0.1) is 11.3 Å². The van der Waals surface area contributed by atoms with Gasteiger partial charge >= 0.3 is 5.97 Å². The van der Waals surface area contributed by atoms with E-state index >= 15 is 0 Å². The maximum absolute atomic E-state index is 11.5. The van der Waals surface area contributed by atoms with E-state index in [0.717, 1.165) is 0 Å². The number of halogens is 1. The molecule has 1 unspecified atom stereocenters. The van der Waals surface area contributed by atoms with Gasteiger partial charge in [-0.1, -0.05) is 11.6 Å². The standard InChI is InChI=1S/C11H12ClNO4/c1-6(17-2)10(14)13-9-4-3-7(12)5-8(9)11(15)16/h3-6H,1-2H3,(H,13,14)(H,15,16). The van der Waals surface area contributed by atoms with E-state index in [0.29, 0.717) is 5.02 Å². The second-order valence-electron chi connectivity index (χ2n) is 3.36. The molecule has 0 aliphatic heterocycles. The predicted octanol–water partition coefficient (Wildman–Crippen LogP) is 2.01. The van der Waals surface area contributed by atoms with Crippen LogP contribution in [0.2, 0.25) is 5.02 Å². The fourth-order valence-corrected chi connectivity index (χ4v) is 1.32. The van der Waals surface area contributed by atoms with E-state index in [1.54, 1.807) is 6.92 Å². The van der Waals surface area contributed by atoms with Gasteiger partial charge in [0.1, 0.15) is 6.10 Å². The second kappa shape index (κ2) is 5.65. The van der Waals surface area contributed by atoms with Crippen molar-refractivity contribution in [2.45, 2.75) is 13.0 Å². The molecule has 0 bridgehead atoms. The molecule has 0 aliphatic carbocycles. The van der Waals surface area contributed by atoms with Gasteiger partial charge in [-0.05, 0) is 25.1 Å². The molecular formula is C11H12ClNO4. The molecule has 17 heavy (non-hydrogen) atoms. The first-order chi connectivity index (χ1) is 7.95. The third-order valence-corrected chi connectivity index (χ3v) is 2.43. The minimum absolute atomic E-state index is 0.0610. The van der Waals surface area contributed by atoms with Crippen molar-refractivity contribution in [3.05, 3.63) is 28.8 Å². The summed E-state index contributed by atoms with van der Waals surface area (Å²) in [6.07, 6.45) is -0.660. The van der Waals surface area contributed by atoms with E-state index < -0.39 is 18.0 Å². The molecule has 2 N–H and O–H groups in total. The minimum Gasteiger partial charge on any atom is -0.478 e. The summed E-state index contributed by atoms with van der Waals surface area (Å²) < 4.78 is 4.82. The fourth-order valence-electron chi connectivity index (χ4n) is 1.14. The number of carboxylic acids is 1.